The number of amides is 1. The largest absolute Gasteiger partial charge is 0.493 e. The monoisotopic (exact) mass is 510 g/mol. The quantitative estimate of drug-likeness (QED) is 0.339. The van der Waals surface area contributed by atoms with Gasteiger partial charge in [0.25, 0.3) is 5.91 Å². The molecule has 1 aliphatic rings. The van der Waals surface area contributed by atoms with Gasteiger partial charge in [0.1, 0.15) is 5.58 Å². The van der Waals surface area contributed by atoms with Crippen molar-refractivity contribution in [2.24, 2.45) is 5.92 Å². The van der Waals surface area contributed by atoms with Crippen LogP contribution in [0.3, 0.4) is 0 Å². The topological polar surface area (TPSA) is 82.4 Å². The molecule has 0 spiro atoms. The van der Waals surface area contributed by atoms with Gasteiger partial charge in [0.05, 0.1) is 32.7 Å². The molecule has 1 aliphatic heterocycles. The number of hydrogen-bond donors (Lipinski definition) is 1. The maximum atomic E-state index is 13.6. The first-order valence-corrected chi connectivity index (χ1v) is 12.9. The van der Waals surface area contributed by atoms with Crippen molar-refractivity contribution in [1.29, 1.82) is 0 Å². The van der Waals surface area contributed by atoms with E-state index in [4.69, 9.17) is 23.4 Å². The number of nitrogens with zero attached hydrogens (tertiary/aromatic N) is 1. The minimum atomic E-state index is -0.0320. The Balaban J connectivity index is 1.41. The molecule has 0 unspecified atom stereocenters. The van der Waals surface area contributed by atoms with Gasteiger partial charge in [0.2, 0.25) is 0 Å². The van der Waals surface area contributed by atoms with Crippen LogP contribution >= 0.6 is 0 Å². The number of furan rings is 1. The molecule has 0 saturated carbocycles. The van der Waals surface area contributed by atoms with Gasteiger partial charge in [-0.05, 0) is 55.8 Å². The van der Waals surface area contributed by atoms with Crippen LogP contribution in [0.15, 0.2) is 53.1 Å². The van der Waals surface area contributed by atoms with Crippen molar-refractivity contribution < 1.29 is 28.2 Å². The number of nitrogens with one attached hydrogen (secondary N) is 1. The number of ether oxygens (including phenoxy) is 4. The molecule has 0 bridgehead atoms. The van der Waals surface area contributed by atoms with Gasteiger partial charge in [0, 0.05) is 62.7 Å². The van der Waals surface area contributed by atoms with Crippen molar-refractivity contribution in [1.82, 2.24) is 10.2 Å². The van der Waals surface area contributed by atoms with Crippen LogP contribution in [0.2, 0.25) is 0 Å². The molecule has 4 rings (SSSR count). The average molecular weight is 511 g/mol. The summed E-state index contributed by atoms with van der Waals surface area (Å²) in [6, 6.07) is 13.5. The zero-order chi connectivity index (χ0) is 26.2. The Morgan fingerprint density at radius 3 is 2.73 bits per heavy atom. The van der Waals surface area contributed by atoms with Gasteiger partial charge in [-0.1, -0.05) is 6.07 Å². The lowest BCUT2D eigenvalue weighted by Gasteiger charge is -2.31. The number of rotatable bonds is 13. The number of carbonyl (C=O) groups is 1. The van der Waals surface area contributed by atoms with Gasteiger partial charge in [-0.25, -0.2) is 0 Å². The van der Waals surface area contributed by atoms with Crippen LogP contribution < -0.4 is 14.8 Å². The fourth-order valence-electron chi connectivity index (χ4n) is 4.65. The molecule has 1 N–H and O–H groups in total. The second-order valence-electron chi connectivity index (χ2n) is 9.67. The summed E-state index contributed by atoms with van der Waals surface area (Å²) in [6.07, 6.45) is 2.47. The first kappa shape index (κ1) is 27.0. The lowest BCUT2D eigenvalue weighted by atomic mass is 10.0. The van der Waals surface area contributed by atoms with Crippen molar-refractivity contribution in [3.63, 3.8) is 0 Å². The minimum absolute atomic E-state index is 0.0182. The molecular formula is C29H38N2O6. The molecule has 1 fully saturated rings. The van der Waals surface area contributed by atoms with Crippen LogP contribution in [-0.2, 0) is 16.1 Å². The molecular weight excluding hydrogens is 472 g/mol. The van der Waals surface area contributed by atoms with Crippen LogP contribution in [0, 0.1) is 5.92 Å². The Hall–Kier alpha value is -3.07. The minimum Gasteiger partial charge on any atom is -0.493 e. The summed E-state index contributed by atoms with van der Waals surface area (Å²) in [5.41, 5.74) is 2.55. The van der Waals surface area contributed by atoms with E-state index >= 15 is 0 Å². The number of methoxy groups -OCH3 is 2. The molecule has 1 amide bonds. The highest BCUT2D eigenvalue weighted by atomic mass is 16.5. The van der Waals surface area contributed by atoms with Crippen molar-refractivity contribution in [3.8, 4) is 11.5 Å². The predicted molar refractivity (Wildman–Crippen MR) is 142 cm³/mol. The Morgan fingerprint density at radius 1 is 1.08 bits per heavy atom. The fourth-order valence-corrected chi connectivity index (χ4v) is 4.65. The summed E-state index contributed by atoms with van der Waals surface area (Å²) in [5, 5.41) is 4.51. The number of hydrogen-bond acceptors (Lipinski definition) is 7. The van der Waals surface area contributed by atoms with Crippen LogP contribution in [0.25, 0.3) is 11.0 Å². The predicted octanol–water partition coefficient (Wildman–Crippen LogP) is 4.51. The Bertz CT molecular complexity index is 1160. The van der Waals surface area contributed by atoms with Gasteiger partial charge < -0.3 is 33.6 Å². The summed E-state index contributed by atoms with van der Waals surface area (Å²) >= 11 is 0. The van der Waals surface area contributed by atoms with E-state index in [0.29, 0.717) is 43.4 Å². The second-order valence-corrected chi connectivity index (χ2v) is 9.67. The molecule has 3 aromatic rings. The SMILES string of the molecule is COCCCOc1cc(C(=O)N(C[C@@H]2CNC[C@@H]2OCc2ccc3occc3c2)C(C)C)ccc1OC. The van der Waals surface area contributed by atoms with Crippen LogP contribution in [0.5, 0.6) is 11.5 Å². The third-order valence-electron chi connectivity index (χ3n) is 6.74. The molecule has 2 aromatic carbocycles. The zero-order valence-corrected chi connectivity index (χ0v) is 22.2. The molecule has 1 saturated heterocycles. The van der Waals surface area contributed by atoms with Crippen molar-refractivity contribution in [2.45, 2.75) is 39.0 Å². The van der Waals surface area contributed by atoms with Gasteiger partial charge in [-0.15, -0.1) is 0 Å². The van der Waals surface area contributed by atoms with Crippen molar-refractivity contribution >= 4 is 16.9 Å². The summed E-state index contributed by atoms with van der Waals surface area (Å²) < 4.78 is 28.2. The normalized spacial score (nSPS) is 17.4. The molecule has 1 aromatic heterocycles. The highest BCUT2D eigenvalue weighted by Crippen LogP contribution is 2.29. The van der Waals surface area contributed by atoms with Gasteiger partial charge in [0.15, 0.2) is 11.5 Å². The van der Waals surface area contributed by atoms with E-state index in [2.05, 4.69) is 11.4 Å². The van der Waals surface area contributed by atoms with E-state index in [1.54, 1.807) is 38.7 Å². The molecule has 0 radical (unpaired) electrons. The van der Waals surface area contributed by atoms with E-state index in [0.717, 1.165) is 36.0 Å². The lowest BCUT2D eigenvalue weighted by molar-refractivity contribution is 0.0129. The first-order chi connectivity index (χ1) is 18.0. The van der Waals surface area contributed by atoms with Crippen molar-refractivity contribution in [2.75, 3.05) is 47.1 Å². The Labute approximate surface area is 218 Å². The van der Waals surface area contributed by atoms with Gasteiger partial charge >= 0.3 is 0 Å². The average Bonchev–Trinajstić information content (AvgIpc) is 3.56. The van der Waals surface area contributed by atoms with Crippen LogP contribution in [-0.4, -0.2) is 70.0 Å². The highest BCUT2D eigenvalue weighted by Gasteiger charge is 2.32. The Kier molecular flexibility index (Phi) is 9.44. The molecule has 8 heteroatoms. The molecule has 0 aliphatic carbocycles. The number of fused-ring (bicyclic) bond motifs is 1. The summed E-state index contributed by atoms with van der Waals surface area (Å²) in [4.78, 5) is 15.5. The third kappa shape index (κ3) is 6.83. The van der Waals surface area contributed by atoms with Gasteiger partial charge in [-0.2, -0.15) is 0 Å². The van der Waals surface area contributed by atoms with Crippen molar-refractivity contribution in [3.05, 3.63) is 59.9 Å². The van der Waals surface area contributed by atoms with E-state index < -0.39 is 0 Å². The molecule has 2 atom stereocenters. The third-order valence-corrected chi connectivity index (χ3v) is 6.74. The molecule has 200 valence electrons. The Morgan fingerprint density at radius 2 is 1.95 bits per heavy atom. The molecule has 2 heterocycles. The standard InChI is InChI=1S/C29H38N2O6/c1-20(2)31(29(32)23-7-9-26(34-4)27(15-23)35-12-5-11-33-3)18-24-16-30-17-28(24)37-19-21-6-8-25-22(14-21)10-13-36-25/h6-10,13-15,20,24,28,30H,5,11-12,16-19H2,1-4H3/t24-,28-/m0/s1. The number of benzene rings is 2. The van der Waals surface area contributed by atoms with E-state index in [1.807, 2.05) is 36.9 Å². The van der Waals surface area contributed by atoms with Crippen LogP contribution in [0.1, 0.15) is 36.2 Å². The van der Waals surface area contributed by atoms with E-state index in [-0.39, 0.29) is 24.0 Å². The van der Waals surface area contributed by atoms with E-state index in [1.165, 1.54) is 0 Å². The van der Waals surface area contributed by atoms with Crippen LogP contribution in [0.4, 0.5) is 0 Å². The lowest BCUT2D eigenvalue weighted by Crippen LogP contribution is -2.43. The zero-order valence-electron chi connectivity index (χ0n) is 22.2. The first-order valence-electron chi connectivity index (χ1n) is 12.9. The van der Waals surface area contributed by atoms with Gasteiger partial charge in [-0.3, -0.25) is 4.79 Å². The fraction of sp³-hybridized carbons (Fsp3) is 0.483. The van der Waals surface area contributed by atoms with E-state index in [9.17, 15) is 4.79 Å². The maximum Gasteiger partial charge on any atom is 0.254 e. The maximum absolute atomic E-state index is 13.6. The smallest absolute Gasteiger partial charge is 0.254 e. The highest BCUT2D eigenvalue weighted by molar-refractivity contribution is 5.95. The molecule has 8 nitrogen and oxygen atoms in total. The summed E-state index contributed by atoms with van der Waals surface area (Å²) in [7, 11) is 3.26. The second kappa shape index (κ2) is 12.9. The molecule has 37 heavy (non-hydrogen) atoms. The summed E-state index contributed by atoms with van der Waals surface area (Å²) in [5.74, 6) is 1.32. The number of carbonyl (C=O) groups excluding carboxylic acids is 1. The summed E-state index contributed by atoms with van der Waals surface area (Å²) in [6.45, 7) is 7.87.